The largest absolute Gasteiger partial charge is 0.490 e. The van der Waals surface area contributed by atoms with Crippen LogP contribution in [0.2, 0.25) is 0 Å². The third-order valence-electron chi connectivity index (χ3n) is 4.02. The maximum Gasteiger partial charge on any atom is 0.408 e. The molecule has 0 unspecified atom stereocenters. The highest BCUT2D eigenvalue weighted by molar-refractivity contribution is 7.86. The first-order valence-electron chi connectivity index (χ1n) is 11.0. The zero-order valence-corrected chi connectivity index (χ0v) is 22.8. The molecule has 0 fully saturated rings. The third kappa shape index (κ3) is 10.2. The molecule has 2 atom stereocenters. The van der Waals surface area contributed by atoms with Crippen LogP contribution in [-0.4, -0.2) is 64.9 Å². The van der Waals surface area contributed by atoms with Crippen molar-refractivity contribution in [3.05, 3.63) is 17.7 Å². The van der Waals surface area contributed by atoms with Crippen molar-refractivity contribution in [1.29, 1.82) is 0 Å². The topological polar surface area (TPSA) is 136 Å². The zero-order chi connectivity index (χ0) is 27.1. The molecule has 11 nitrogen and oxygen atoms in total. The van der Waals surface area contributed by atoms with E-state index in [1.54, 1.807) is 48.5 Å². The van der Waals surface area contributed by atoms with Crippen LogP contribution in [0, 0.1) is 0 Å². The molecule has 1 aromatic rings. The van der Waals surface area contributed by atoms with E-state index in [2.05, 4.69) is 5.32 Å². The second-order valence-corrected chi connectivity index (χ2v) is 10.9. The van der Waals surface area contributed by atoms with Crippen LogP contribution >= 0.6 is 0 Å². The number of methoxy groups -OCH3 is 2. The van der Waals surface area contributed by atoms with Gasteiger partial charge in [0, 0.05) is 0 Å². The van der Waals surface area contributed by atoms with Crippen molar-refractivity contribution < 1.29 is 45.9 Å². The summed E-state index contributed by atoms with van der Waals surface area (Å²) in [6, 6.07) is 1.62. The van der Waals surface area contributed by atoms with Gasteiger partial charge in [0.15, 0.2) is 17.6 Å². The van der Waals surface area contributed by atoms with Crippen LogP contribution in [0.15, 0.2) is 12.1 Å². The average Bonchev–Trinajstić information content (AvgIpc) is 2.66. The summed E-state index contributed by atoms with van der Waals surface area (Å²) in [4.78, 5) is 25.3. The van der Waals surface area contributed by atoms with Gasteiger partial charge in [-0.25, -0.2) is 9.59 Å². The van der Waals surface area contributed by atoms with Gasteiger partial charge in [0.05, 0.1) is 38.7 Å². The van der Waals surface area contributed by atoms with E-state index in [4.69, 9.17) is 27.9 Å². The number of alkyl carbamates (subject to hydrolysis) is 1. The molecular weight excluding hydrogens is 482 g/mol. The van der Waals surface area contributed by atoms with Crippen molar-refractivity contribution in [3.63, 3.8) is 0 Å². The van der Waals surface area contributed by atoms with Crippen LogP contribution in [0.1, 0.15) is 60.1 Å². The summed E-state index contributed by atoms with van der Waals surface area (Å²) in [5, 5.41) is 2.52. The molecule has 0 aliphatic carbocycles. The summed E-state index contributed by atoms with van der Waals surface area (Å²) in [6.07, 6.45) is -2.46. The fraction of sp³-hybridized carbons (Fsp3) is 0.652. The molecule has 0 spiro atoms. The molecule has 35 heavy (non-hydrogen) atoms. The second kappa shape index (κ2) is 12.3. The Balaban J connectivity index is 3.81. The van der Waals surface area contributed by atoms with Crippen LogP contribution in [-0.2, 0) is 28.6 Å². The lowest BCUT2D eigenvalue weighted by molar-refractivity contribution is -0.150. The number of carbonyl (C=O) groups excluding carboxylic acids is 2. The van der Waals surface area contributed by atoms with Gasteiger partial charge >= 0.3 is 12.1 Å². The van der Waals surface area contributed by atoms with E-state index in [0.717, 1.165) is 13.4 Å². The van der Waals surface area contributed by atoms with E-state index in [0.29, 0.717) is 0 Å². The number of hydrogen-bond acceptors (Lipinski definition) is 10. The third-order valence-corrected chi connectivity index (χ3v) is 4.58. The molecule has 200 valence electrons. The number of amides is 1. The molecule has 0 heterocycles. The summed E-state index contributed by atoms with van der Waals surface area (Å²) in [6.45, 7) is 12.2. The first-order chi connectivity index (χ1) is 16.0. The normalized spacial score (nSPS) is 13.7. The van der Waals surface area contributed by atoms with E-state index in [1.807, 2.05) is 0 Å². The fourth-order valence-electron chi connectivity index (χ4n) is 2.96. The molecule has 0 radical (unpaired) electrons. The first-order valence-corrected chi connectivity index (χ1v) is 12.8. The van der Waals surface area contributed by atoms with E-state index in [9.17, 15) is 18.0 Å². The summed E-state index contributed by atoms with van der Waals surface area (Å²) >= 11 is 0. The van der Waals surface area contributed by atoms with Crippen molar-refractivity contribution in [2.24, 2.45) is 0 Å². The molecule has 1 amide bonds. The lowest BCUT2D eigenvalue weighted by atomic mass is 10.00. The SMILES string of the molecule is COC(=O)[C@@H](OS(C)(=O)=O)[C@H](NC(=O)OC(C)(C)C)c1cc(OC(C)C)c(OC)c(OC(C)C)c1. The van der Waals surface area contributed by atoms with Crippen LogP contribution in [0.3, 0.4) is 0 Å². The molecule has 1 N–H and O–H groups in total. The molecule has 0 aliphatic heterocycles. The highest BCUT2D eigenvalue weighted by Crippen LogP contribution is 2.42. The molecule has 0 aliphatic rings. The summed E-state index contributed by atoms with van der Waals surface area (Å²) < 4.78 is 56.4. The fourth-order valence-corrected chi connectivity index (χ4v) is 3.53. The number of benzene rings is 1. The molecular formula is C23H37NO10S. The predicted molar refractivity (Wildman–Crippen MR) is 128 cm³/mol. The number of esters is 1. The lowest BCUT2D eigenvalue weighted by Crippen LogP contribution is -2.45. The zero-order valence-electron chi connectivity index (χ0n) is 22.0. The Morgan fingerprint density at radius 3 is 1.77 bits per heavy atom. The van der Waals surface area contributed by atoms with Gasteiger partial charge < -0.3 is 29.0 Å². The Bertz CT molecular complexity index is 952. The highest BCUT2D eigenvalue weighted by Gasteiger charge is 2.38. The number of rotatable bonds is 11. The standard InChI is InChI=1S/C23H37NO10S/c1-13(2)31-16-11-15(12-17(19(16)29-8)32-14(3)4)18(24-22(26)33-23(5,6)7)20(21(25)30-9)34-35(10,27)28/h11-14,18,20H,1-10H3,(H,24,26)/t18-,20+/m1/s1. The molecule has 0 saturated heterocycles. The van der Waals surface area contributed by atoms with Crippen LogP contribution in [0.5, 0.6) is 17.2 Å². The van der Waals surface area contributed by atoms with E-state index in [1.165, 1.54) is 19.2 Å². The Morgan fingerprint density at radius 2 is 1.43 bits per heavy atom. The van der Waals surface area contributed by atoms with E-state index >= 15 is 0 Å². The van der Waals surface area contributed by atoms with Crippen molar-refractivity contribution >= 4 is 22.2 Å². The summed E-state index contributed by atoms with van der Waals surface area (Å²) in [7, 11) is -1.64. The summed E-state index contributed by atoms with van der Waals surface area (Å²) in [5.41, 5.74) is -0.646. The van der Waals surface area contributed by atoms with Gasteiger partial charge in [-0.1, -0.05) is 0 Å². The van der Waals surface area contributed by atoms with Gasteiger partial charge in [0.2, 0.25) is 5.75 Å². The van der Waals surface area contributed by atoms with Crippen LogP contribution < -0.4 is 19.5 Å². The smallest absolute Gasteiger partial charge is 0.408 e. The molecule has 0 saturated carbocycles. The maximum atomic E-state index is 12.7. The lowest BCUT2D eigenvalue weighted by Gasteiger charge is -2.29. The molecule has 1 aromatic carbocycles. The predicted octanol–water partition coefficient (Wildman–Crippen LogP) is 3.35. The Kier molecular flexibility index (Phi) is 10.6. The molecule has 1 rings (SSSR count). The van der Waals surface area contributed by atoms with Gasteiger partial charge in [-0.2, -0.15) is 8.42 Å². The van der Waals surface area contributed by atoms with Gasteiger partial charge in [0.25, 0.3) is 10.1 Å². The number of carbonyl (C=O) groups is 2. The van der Waals surface area contributed by atoms with E-state index in [-0.39, 0.29) is 35.0 Å². The van der Waals surface area contributed by atoms with Crippen molar-refractivity contribution in [1.82, 2.24) is 5.32 Å². The van der Waals surface area contributed by atoms with Crippen LogP contribution in [0.4, 0.5) is 4.79 Å². The summed E-state index contributed by atoms with van der Waals surface area (Å²) in [5.74, 6) is -0.264. The Labute approximate surface area is 207 Å². The number of ether oxygens (including phenoxy) is 5. The molecule has 0 bridgehead atoms. The number of hydrogen-bond donors (Lipinski definition) is 1. The minimum atomic E-state index is -4.15. The van der Waals surface area contributed by atoms with Crippen molar-refractivity contribution in [2.75, 3.05) is 20.5 Å². The average molecular weight is 520 g/mol. The second-order valence-electron chi connectivity index (χ2n) is 9.25. The minimum Gasteiger partial charge on any atom is -0.490 e. The molecule has 12 heteroatoms. The van der Waals surface area contributed by atoms with Gasteiger partial charge in [-0.15, -0.1) is 0 Å². The molecule has 0 aromatic heterocycles. The minimum absolute atomic E-state index is 0.224. The van der Waals surface area contributed by atoms with Crippen molar-refractivity contribution in [3.8, 4) is 17.2 Å². The van der Waals surface area contributed by atoms with E-state index < -0.39 is 39.9 Å². The Hall–Kier alpha value is -2.73. The maximum absolute atomic E-state index is 12.7. The quantitative estimate of drug-likeness (QED) is 0.342. The van der Waals surface area contributed by atoms with Gasteiger partial charge in [-0.05, 0) is 66.2 Å². The first kappa shape index (κ1) is 30.3. The Morgan fingerprint density at radius 1 is 0.943 bits per heavy atom. The van der Waals surface area contributed by atoms with Gasteiger partial charge in [0.1, 0.15) is 5.60 Å². The van der Waals surface area contributed by atoms with Crippen molar-refractivity contribution in [2.45, 2.75) is 78.4 Å². The van der Waals surface area contributed by atoms with Crippen LogP contribution in [0.25, 0.3) is 0 Å². The monoisotopic (exact) mass is 519 g/mol. The number of nitrogens with one attached hydrogen (secondary N) is 1. The van der Waals surface area contributed by atoms with Gasteiger partial charge in [-0.3, -0.25) is 4.18 Å². The highest BCUT2D eigenvalue weighted by atomic mass is 32.2.